The van der Waals surface area contributed by atoms with Crippen LogP contribution in [-0.2, 0) is 15.5 Å². The molecule has 4 atom stereocenters. The van der Waals surface area contributed by atoms with Crippen LogP contribution in [0.4, 0.5) is 4.39 Å². The molecular formula is C19H31FN4O3S2. The number of hydrogen-bond donors (Lipinski definition) is 4. The summed E-state index contributed by atoms with van der Waals surface area (Å²) < 4.78 is 30.7. The number of aliphatic hydroxyl groups is 2. The number of aliphatic hydroxyl groups excluding tert-OH is 1. The second-order valence-corrected chi connectivity index (χ2v) is 11.5. The van der Waals surface area contributed by atoms with Gasteiger partial charge in [-0.05, 0) is 37.3 Å². The molecule has 10 heteroatoms. The van der Waals surface area contributed by atoms with Crippen LogP contribution in [0, 0.1) is 23.6 Å². The molecule has 4 unspecified atom stereocenters. The summed E-state index contributed by atoms with van der Waals surface area (Å²) in [5, 5.41) is 29.3. The van der Waals surface area contributed by atoms with Gasteiger partial charge in [0.05, 0.1) is 5.60 Å². The predicted octanol–water partition coefficient (Wildman–Crippen LogP) is 2.95. The highest BCUT2D eigenvalue weighted by Crippen LogP contribution is 2.33. The zero-order valence-electron chi connectivity index (χ0n) is 17.6. The van der Waals surface area contributed by atoms with Crippen LogP contribution in [0.2, 0.25) is 0 Å². The van der Waals surface area contributed by atoms with Gasteiger partial charge in [0.1, 0.15) is 0 Å². The van der Waals surface area contributed by atoms with E-state index in [1.165, 1.54) is 13.8 Å². The van der Waals surface area contributed by atoms with Gasteiger partial charge in [0.15, 0.2) is 19.9 Å². The third-order valence-electron chi connectivity index (χ3n) is 4.77. The smallest absolute Gasteiger partial charge is 0.212 e. The second kappa shape index (κ2) is 8.91. The Bertz CT molecular complexity index is 909. The fourth-order valence-corrected chi connectivity index (χ4v) is 5.57. The van der Waals surface area contributed by atoms with E-state index >= 15 is 0 Å². The van der Waals surface area contributed by atoms with E-state index in [1.54, 1.807) is 6.20 Å². The topological polar surface area (TPSA) is 120 Å². The molecule has 2 heterocycles. The number of nitrogens with zero attached hydrogens (tertiary/aromatic N) is 2. The quantitative estimate of drug-likeness (QED) is 0.481. The van der Waals surface area contributed by atoms with Crippen LogP contribution in [-0.4, -0.2) is 33.0 Å². The molecule has 1 aromatic rings. The van der Waals surface area contributed by atoms with Gasteiger partial charge in [-0.1, -0.05) is 27.7 Å². The van der Waals surface area contributed by atoms with Gasteiger partial charge in [-0.3, -0.25) is 10.3 Å². The van der Waals surface area contributed by atoms with Crippen molar-refractivity contribution in [3.63, 3.8) is 0 Å². The molecule has 29 heavy (non-hydrogen) atoms. The molecule has 0 aliphatic carbocycles. The lowest BCUT2D eigenvalue weighted by molar-refractivity contribution is 0.0823. The number of rotatable bonds is 7. The van der Waals surface area contributed by atoms with Crippen molar-refractivity contribution in [2.45, 2.75) is 63.7 Å². The van der Waals surface area contributed by atoms with E-state index in [1.807, 2.05) is 33.9 Å². The molecule has 0 fully saturated rings. The lowest BCUT2D eigenvalue weighted by atomic mass is 9.80. The molecule has 7 nitrogen and oxygen atoms in total. The van der Waals surface area contributed by atoms with Crippen molar-refractivity contribution in [2.24, 2.45) is 32.2 Å². The molecule has 1 aromatic heterocycles. The van der Waals surface area contributed by atoms with Crippen molar-refractivity contribution in [3.05, 3.63) is 28.5 Å². The fraction of sp³-hybridized carbons (Fsp3) is 0.632. The summed E-state index contributed by atoms with van der Waals surface area (Å²) >= 11 is 0.782. The van der Waals surface area contributed by atoms with Gasteiger partial charge >= 0.3 is 0 Å². The standard InChI is InChI=1S/C19H31FN4O3S2/c1-10(2)12-8-22-9-13(11(3)4)16(12)23-18(25)24-29(21,27)17-14(20)7-15(28-17)19(5,6)26/h7-12,16,18,23,25-26H,1-6H3,(H2,21,24,27). The summed E-state index contributed by atoms with van der Waals surface area (Å²) in [6, 6.07) is 0.815. The van der Waals surface area contributed by atoms with Crippen LogP contribution in [0.25, 0.3) is 0 Å². The molecule has 1 aliphatic heterocycles. The van der Waals surface area contributed by atoms with Crippen LogP contribution in [0.3, 0.4) is 0 Å². The molecule has 0 amide bonds. The number of aliphatic imine (C=N–C) groups is 1. The summed E-state index contributed by atoms with van der Waals surface area (Å²) in [6.45, 7) is 11.1. The Morgan fingerprint density at radius 2 is 2.00 bits per heavy atom. The van der Waals surface area contributed by atoms with Crippen molar-refractivity contribution in [1.82, 2.24) is 5.32 Å². The molecule has 0 saturated carbocycles. The van der Waals surface area contributed by atoms with E-state index < -0.39 is 27.7 Å². The molecule has 164 valence electrons. The van der Waals surface area contributed by atoms with Gasteiger partial charge < -0.3 is 10.2 Å². The lowest BCUT2D eigenvalue weighted by Crippen LogP contribution is -2.48. The van der Waals surface area contributed by atoms with E-state index in [4.69, 9.17) is 5.14 Å². The lowest BCUT2D eigenvalue weighted by Gasteiger charge is -2.34. The van der Waals surface area contributed by atoms with Crippen molar-refractivity contribution >= 4 is 27.5 Å². The van der Waals surface area contributed by atoms with Crippen molar-refractivity contribution in [3.8, 4) is 0 Å². The van der Waals surface area contributed by atoms with E-state index in [2.05, 4.69) is 14.7 Å². The van der Waals surface area contributed by atoms with Crippen LogP contribution < -0.4 is 10.5 Å². The van der Waals surface area contributed by atoms with E-state index in [0.29, 0.717) is 0 Å². The first-order valence-electron chi connectivity index (χ1n) is 9.47. The molecule has 2 rings (SSSR count). The number of hydrogen-bond acceptors (Lipinski definition) is 7. The number of nitrogens with one attached hydrogen (secondary N) is 1. The number of thiophene rings is 1. The van der Waals surface area contributed by atoms with Gasteiger partial charge in [0.25, 0.3) is 0 Å². The van der Waals surface area contributed by atoms with Crippen LogP contribution in [0.15, 0.2) is 31.4 Å². The van der Waals surface area contributed by atoms with E-state index in [0.717, 1.165) is 23.0 Å². The van der Waals surface area contributed by atoms with Crippen LogP contribution in [0.1, 0.15) is 46.4 Å². The highest BCUT2D eigenvalue weighted by Gasteiger charge is 2.32. The SMILES string of the molecule is CC(C)C1=CN=CC(C(C)C)C1NC(O)N=S(N)(=O)c1sc(C(C)(C)O)cc1F. The Hall–Kier alpha value is -1.17. The molecule has 1 aliphatic rings. The zero-order valence-corrected chi connectivity index (χ0v) is 19.2. The van der Waals surface area contributed by atoms with Gasteiger partial charge in [0.2, 0.25) is 6.35 Å². The van der Waals surface area contributed by atoms with Gasteiger partial charge in [-0.15, -0.1) is 11.3 Å². The molecule has 0 radical (unpaired) electrons. The fourth-order valence-electron chi connectivity index (χ4n) is 3.13. The Kier molecular flexibility index (Phi) is 7.40. The van der Waals surface area contributed by atoms with E-state index in [-0.39, 0.29) is 32.9 Å². The number of halogens is 1. The van der Waals surface area contributed by atoms with Gasteiger partial charge in [0, 0.05) is 29.3 Å². The Morgan fingerprint density at radius 1 is 1.38 bits per heavy atom. The minimum Gasteiger partial charge on any atom is -0.385 e. The minimum absolute atomic E-state index is 0.00339. The minimum atomic E-state index is -3.71. The van der Waals surface area contributed by atoms with Crippen LogP contribution in [0.5, 0.6) is 0 Å². The van der Waals surface area contributed by atoms with Crippen molar-refractivity contribution in [2.75, 3.05) is 0 Å². The maximum atomic E-state index is 14.3. The third-order valence-corrected chi connectivity index (χ3v) is 8.19. The normalized spacial score (nSPS) is 23.2. The maximum Gasteiger partial charge on any atom is 0.212 e. The van der Waals surface area contributed by atoms with Crippen LogP contribution >= 0.6 is 11.3 Å². The maximum absolute atomic E-state index is 14.3. The summed E-state index contributed by atoms with van der Waals surface area (Å²) in [5.41, 5.74) is -0.324. The van der Waals surface area contributed by atoms with Crippen molar-refractivity contribution < 1.29 is 18.8 Å². The third kappa shape index (κ3) is 5.71. The largest absolute Gasteiger partial charge is 0.385 e. The summed E-state index contributed by atoms with van der Waals surface area (Å²) in [5.74, 6) is -0.415. The van der Waals surface area contributed by atoms with E-state index in [9.17, 15) is 18.8 Å². The predicted molar refractivity (Wildman–Crippen MR) is 115 cm³/mol. The van der Waals surface area contributed by atoms with Gasteiger partial charge in [-0.2, -0.15) is 4.36 Å². The average Bonchev–Trinajstić information content (AvgIpc) is 2.97. The van der Waals surface area contributed by atoms with Crippen molar-refractivity contribution in [1.29, 1.82) is 0 Å². The first-order chi connectivity index (χ1) is 13.2. The second-order valence-electron chi connectivity index (χ2n) is 8.40. The molecule has 0 saturated heterocycles. The Balaban J connectivity index is 2.34. The molecule has 0 bridgehead atoms. The molecule has 5 N–H and O–H groups in total. The van der Waals surface area contributed by atoms with Gasteiger partial charge in [-0.25, -0.2) is 13.7 Å². The highest BCUT2D eigenvalue weighted by atomic mass is 32.2. The highest BCUT2D eigenvalue weighted by molar-refractivity contribution is 7.93. The molecule has 0 spiro atoms. The first kappa shape index (κ1) is 24.1. The Morgan fingerprint density at radius 3 is 2.48 bits per heavy atom. The first-order valence-corrected chi connectivity index (χ1v) is 11.9. The average molecular weight is 447 g/mol. The summed E-state index contributed by atoms with van der Waals surface area (Å²) in [4.78, 5) is 4.58. The monoisotopic (exact) mass is 446 g/mol. The molecular weight excluding hydrogens is 415 g/mol. The summed E-state index contributed by atoms with van der Waals surface area (Å²) in [6.07, 6.45) is 2.00. The Labute approximate surface area is 176 Å². The molecule has 0 aromatic carbocycles. The summed E-state index contributed by atoms with van der Waals surface area (Å²) in [7, 11) is -3.71. The number of nitrogens with two attached hydrogens (primary N) is 1. The zero-order chi connectivity index (χ0) is 22.1.